The third-order valence-electron chi connectivity index (χ3n) is 5.03. The summed E-state index contributed by atoms with van der Waals surface area (Å²) in [6, 6.07) is 2.98. The molecule has 2 aliphatic heterocycles. The highest BCUT2D eigenvalue weighted by molar-refractivity contribution is 5.94. The van der Waals surface area contributed by atoms with Crippen LogP contribution >= 0.6 is 0 Å². The van der Waals surface area contributed by atoms with Gasteiger partial charge in [-0.3, -0.25) is 9.59 Å². The number of rotatable bonds is 3. The highest BCUT2D eigenvalue weighted by Gasteiger charge is 2.43. The molecule has 1 N–H and O–H groups in total. The van der Waals surface area contributed by atoms with Gasteiger partial charge in [0.05, 0.1) is 6.10 Å². The normalized spacial score (nSPS) is 29.2. The molecule has 3 atom stereocenters. The summed E-state index contributed by atoms with van der Waals surface area (Å²) in [6.07, 6.45) is 4.39. The maximum atomic E-state index is 13.2. The quantitative estimate of drug-likeness (QED) is 0.842. The van der Waals surface area contributed by atoms with Crippen LogP contribution in [0.2, 0.25) is 0 Å². The zero-order valence-electron chi connectivity index (χ0n) is 13.3. The first-order valence-corrected chi connectivity index (χ1v) is 8.47. The van der Waals surface area contributed by atoms with Gasteiger partial charge < -0.3 is 15.0 Å². The Morgan fingerprint density at radius 1 is 1.33 bits per heavy atom. The molecule has 6 nitrogen and oxygen atoms in total. The Morgan fingerprint density at radius 2 is 2.17 bits per heavy atom. The van der Waals surface area contributed by atoms with Crippen LogP contribution in [0.1, 0.15) is 36.0 Å². The van der Waals surface area contributed by atoms with Gasteiger partial charge in [-0.05, 0) is 37.7 Å². The molecule has 7 heteroatoms. The molecule has 1 aromatic heterocycles. The largest absolute Gasteiger partial charge is 0.363 e. The number of halogens is 1. The Hall–Kier alpha value is -2.02. The summed E-state index contributed by atoms with van der Waals surface area (Å²) >= 11 is 0. The fraction of sp³-hybridized carbons (Fsp3) is 0.588. The molecule has 0 aromatic carbocycles. The van der Waals surface area contributed by atoms with E-state index in [0.29, 0.717) is 30.6 Å². The number of piperidine rings is 1. The van der Waals surface area contributed by atoms with E-state index in [1.807, 2.05) is 0 Å². The second kappa shape index (κ2) is 6.12. The van der Waals surface area contributed by atoms with E-state index in [-0.39, 0.29) is 17.9 Å². The molecule has 1 aliphatic carbocycles. The lowest BCUT2D eigenvalue weighted by atomic mass is 9.91. The van der Waals surface area contributed by atoms with Crippen molar-refractivity contribution in [2.24, 2.45) is 5.92 Å². The molecule has 0 radical (unpaired) electrons. The third-order valence-corrected chi connectivity index (χ3v) is 5.03. The molecule has 24 heavy (non-hydrogen) atoms. The molecule has 2 saturated heterocycles. The van der Waals surface area contributed by atoms with Crippen molar-refractivity contribution in [2.75, 3.05) is 13.1 Å². The molecule has 3 heterocycles. The Labute approximate surface area is 139 Å². The molecule has 3 aliphatic rings. The minimum absolute atomic E-state index is 0.0269. The number of nitrogens with one attached hydrogen (secondary N) is 1. The number of ether oxygens (including phenoxy) is 1. The minimum atomic E-state index is -0.662. The number of pyridine rings is 1. The zero-order valence-corrected chi connectivity index (χ0v) is 13.3. The van der Waals surface area contributed by atoms with Crippen molar-refractivity contribution in [1.82, 2.24) is 15.2 Å². The Balaban J connectivity index is 1.38. The molecular weight excluding hydrogens is 313 g/mol. The van der Waals surface area contributed by atoms with E-state index in [4.69, 9.17) is 4.74 Å². The van der Waals surface area contributed by atoms with Crippen LogP contribution < -0.4 is 5.32 Å². The summed E-state index contributed by atoms with van der Waals surface area (Å²) < 4.78 is 19.1. The number of hydrogen-bond acceptors (Lipinski definition) is 4. The lowest BCUT2D eigenvalue weighted by Gasteiger charge is -2.34. The highest BCUT2D eigenvalue weighted by Crippen LogP contribution is 2.34. The van der Waals surface area contributed by atoms with Gasteiger partial charge in [-0.15, -0.1) is 0 Å². The van der Waals surface area contributed by atoms with E-state index in [1.54, 1.807) is 4.90 Å². The second-order valence-corrected chi connectivity index (χ2v) is 6.85. The van der Waals surface area contributed by atoms with Gasteiger partial charge in [0.15, 0.2) is 0 Å². The number of likely N-dealkylation sites (tertiary alicyclic amines) is 1. The van der Waals surface area contributed by atoms with Crippen molar-refractivity contribution in [3.8, 4) is 0 Å². The van der Waals surface area contributed by atoms with Gasteiger partial charge in [0.25, 0.3) is 5.91 Å². The maximum Gasteiger partial charge on any atom is 0.254 e. The van der Waals surface area contributed by atoms with Crippen molar-refractivity contribution >= 4 is 11.8 Å². The van der Waals surface area contributed by atoms with Crippen molar-refractivity contribution < 1.29 is 18.7 Å². The summed E-state index contributed by atoms with van der Waals surface area (Å²) in [5, 5.41) is 2.98. The van der Waals surface area contributed by atoms with E-state index in [2.05, 4.69) is 10.3 Å². The van der Waals surface area contributed by atoms with Crippen LogP contribution in [0.3, 0.4) is 0 Å². The molecule has 2 amide bonds. The first kappa shape index (κ1) is 15.5. The van der Waals surface area contributed by atoms with Gasteiger partial charge in [-0.1, -0.05) is 0 Å². The minimum Gasteiger partial charge on any atom is -0.363 e. The number of amides is 2. The summed E-state index contributed by atoms with van der Waals surface area (Å²) in [4.78, 5) is 29.8. The molecule has 1 unspecified atom stereocenters. The van der Waals surface area contributed by atoms with Gasteiger partial charge in [0, 0.05) is 37.0 Å². The van der Waals surface area contributed by atoms with E-state index in [1.165, 1.54) is 12.3 Å². The van der Waals surface area contributed by atoms with Crippen LogP contribution in [-0.2, 0) is 9.53 Å². The molecule has 4 rings (SSSR count). The van der Waals surface area contributed by atoms with Crippen molar-refractivity contribution in [3.63, 3.8) is 0 Å². The topological polar surface area (TPSA) is 71.5 Å². The van der Waals surface area contributed by atoms with Crippen LogP contribution in [-0.4, -0.2) is 53.0 Å². The Morgan fingerprint density at radius 3 is 2.92 bits per heavy atom. The fourth-order valence-corrected chi connectivity index (χ4v) is 3.52. The summed E-state index contributed by atoms with van der Waals surface area (Å²) in [5.74, 6) is -0.604. The molecule has 128 valence electrons. The Kier molecular flexibility index (Phi) is 3.96. The van der Waals surface area contributed by atoms with Crippen LogP contribution in [0, 0.1) is 11.9 Å². The Bertz CT molecular complexity index is 664. The monoisotopic (exact) mass is 333 g/mol. The van der Waals surface area contributed by atoms with Gasteiger partial charge in [0.1, 0.15) is 6.10 Å². The van der Waals surface area contributed by atoms with Crippen molar-refractivity contribution in [2.45, 2.75) is 43.9 Å². The number of carbonyl (C=O) groups is 2. The molecule has 1 saturated carbocycles. The van der Waals surface area contributed by atoms with E-state index in [0.717, 1.165) is 31.7 Å². The number of aromatic nitrogens is 1. The first-order valence-electron chi connectivity index (χ1n) is 8.47. The smallest absolute Gasteiger partial charge is 0.254 e. The molecule has 0 spiro atoms. The predicted octanol–water partition coefficient (Wildman–Crippen LogP) is 1.12. The zero-order chi connectivity index (χ0) is 16.7. The van der Waals surface area contributed by atoms with Gasteiger partial charge in [-0.2, -0.15) is 4.39 Å². The summed E-state index contributed by atoms with van der Waals surface area (Å²) in [6.45, 7) is 1.05. The van der Waals surface area contributed by atoms with Crippen LogP contribution in [0.25, 0.3) is 0 Å². The molecule has 1 aromatic rings. The van der Waals surface area contributed by atoms with Gasteiger partial charge in [-0.25, -0.2) is 4.98 Å². The standard InChI is InChI=1S/C17H20FN3O3/c18-15-8-11(3-5-19-15)17(23)21-6-4-10-7-13(24-14(10)9-21)16(22)20-12-1-2-12/h3,5,8,10,12-14H,1-2,4,6-7,9H2,(H,20,22)/t10-,13?,14-/m0/s1. The summed E-state index contributed by atoms with van der Waals surface area (Å²) in [5.41, 5.74) is 0.293. The fourth-order valence-electron chi connectivity index (χ4n) is 3.52. The van der Waals surface area contributed by atoms with E-state index < -0.39 is 12.1 Å². The van der Waals surface area contributed by atoms with Gasteiger partial charge in [0.2, 0.25) is 11.9 Å². The molecule has 3 fully saturated rings. The van der Waals surface area contributed by atoms with Crippen LogP contribution in [0.4, 0.5) is 4.39 Å². The first-order chi connectivity index (χ1) is 11.6. The molecular formula is C17H20FN3O3. The van der Waals surface area contributed by atoms with Crippen LogP contribution in [0.15, 0.2) is 18.3 Å². The second-order valence-electron chi connectivity index (χ2n) is 6.85. The number of nitrogens with zero attached hydrogens (tertiary/aromatic N) is 2. The average Bonchev–Trinajstić information content (AvgIpc) is 3.28. The number of fused-ring (bicyclic) bond motifs is 1. The third kappa shape index (κ3) is 3.13. The summed E-state index contributed by atoms with van der Waals surface area (Å²) in [7, 11) is 0. The number of carbonyl (C=O) groups excluding carboxylic acids is 2. The number of hydrogen-bond donors (Lipinski definition) is 1. The average molecular weight is 333 g/mol. The van der Waals surface area contributed by atoms with Crippen molar-refractivity contribution in [1.29, 1.82) is 0 Å². The van der Waals surface area contributed by atoms with Gasteiger partial charge >= 0.3 is 0 Å². The SMILES string of the molecule is O=C(NC1CC1)C1C[C@@H]2CCN(C(=O)c3ccnc(F)c3)C[C@@H]2O1. The van der Waals surface area contributed by atoms with E-state index >= 15 is 0 Å². The highest BCUT2D eigenvalue weighted by atomic mass is 19.1. The lowest BCUT2D eigenvalue weighted by molar-refractivity contribution is -0.132. The maximum absolute atomic E-state index is 13.2. The predicted molar refractivity (Wildman–Crippen MR) is 82.6 cm³/mol. The van der Waals surface area contributed by atoms with Crippen molar-refractivity contribution in [3.05, 3.63) is 29.8 Å². The van der Waals surface area contributed by atoms with E-state index in [9.17, 15) is 14.0 Å². The van der Waals surface area contributed by atoms with Crippen LogP contribution in [0.5, 0.6) is 0 Å². The lowest BCUT2D eigenvalue weighted by Crippen LogP contribution is -2.45. The molecule has 0 bridgehead atoms.